The van der Waals surface area contributed by atoms with Gasteiger partial charge >= 0.3 is 0 Å². The van der Waals surface area contributed by atoms with Crippen molar-refractivity contribution in [1.82, 2.24) is 0 Å². The Morgan fingerprint density at radius 3 is 1.88 bits per heavy atom. The second kappa shape index (κ2) is 8.09. The van der Waals surface area contributed by atoms with Crippen molar-refractivity contribution in [2.45, 2.75) is 42.5 Å². The van der Waals surface area contributed by atoms with E-state index in [2.05, 4.69) is 29.2 Å². The lowest BCUT2D eigenvalue weighted by atomic mass is 9.68. The molecule has 3 aromatic rings. The van der Waals surface area contributed by atoms with Crippen LogP contribution in [0.25, 0.3) is 0 Å². The van der Waals surface area contributed by atoms with Gasteiger partial charge in [-0.15, -0.1) is 0 Å². The van der Waals surface area contributed by atoms with Gasteiger partial charge in [-0.05, 0) is 47.4 Å². The van der Waals surface area contributed by atoms with Crippen LogP contribution in [0, 0.1) is 11.3 Å². The quantitative estimate of drug-likeness (QED) is 0.384. The molecule has 32 heavy (non-hydrogen) atoms. The molecule has 0 aromatic heterocycles. The maximum Gasteiger partial charge on any atom is 0.146 e. The number of Topliss-reactive ketones (excluding diaryl/α,β-unsaturated/α-hetero) is 2. The average Bonchev–Trinajstić information content (AvgIpc) is 2.75. The number of hydrogen-bond acceptors (Lipinski definition) is 4. The van der Waals surface area contributed by atoms with Gasteiger partial charge in [0.05, 0.1) is 17.4 Å². The van der Waals surface area contributed by atoms with E-state index >= 15 is 0 Å². The molecule has 3 aromatic carbocycles. The third-order valence-electron chi connectivity index (χ3n) is 6.27. The number of anilines is 2. The third-order valence-corrected chi connectivity index (χ3v) is 7.66. The number of rotatable bonds is 3. The fraction of sp³-hybridized carbons (Fsp3) is 0.259. The van der Waals surface area contributed by atoms with Crippen LogP contribution in [0.5, 0.6) is 0 Å². The highest BCUT2D eigenvalue weighted by atomic mass is 35.5. The van der Waals surface area contributed by atoms with E-state index in [1.165, 1.54) is 0 Å². The minimum Gasteiger partial charge on any atom is -0.331 e. The molecule has 0 N–H and O–H groups in total. The largest absolute Gasteiger partial charge is 0.331 e. The predicted molar refractivity (Wildman–Crippen MR) is 130 cm³/mol. The van der Waals surface area contributed by atoms with Crippen molar-refractivity contribution < 1.29 is 9.59 Å². The zero-order valence-corrected chi connectivity index (χ0v) is 19.6. The number of carbonyl (C=O) groups excluding carboxylic acids is 2. The molecule has 2 aliphatic rings. The van der Waals surface area contributed by atoms with Crippen molar-refractivity contribution in [1.29, 1.82) is 0 Å². The maximum atomic E-state index is 13.5. The molecule has 0 unspecified atom stereocenters. The Morgan fingerprint density at radius 1 is 0.844 bits per heavy atom. The zero-order chi connectivity index (χ0) is 22.5. The predicted octanol–water partition coefficient (Wildman–Crippen LogP) is 7.26. The molecule has 3 nitrogen and oxygen atoms in total. The lowest BCUT2D eigenvalue weighted by Gasteiger charge is -2.44. The Labute approximate surface area is 197 Å². The van der Waals surface area contributed by atoms with Gasteiger partial charge in [-0.25, -0.2) is 0 Å². The van der Waals surface area contributed by atoms with Crippen molar-refractivity contribution in [3.05, 3.63) is 83.4 Å². The van der Waals surface area contributed by atoms with Gasteiger partial charge in [-0.2, -0.15) is 0 Å². The molecule has 0 radical (unpaired) electrons. The molecule has 0 saturated heterocycles. The maximum absolute atomic E-state index is 13.5. The summed E-state index contributed by atoms with van der Waals surface area (Å²) in [6, 6.07) is 23.5. The molecular formula is C27H24ClNO2S. The summed E-state index contributed by atoms with van der Waals surface area (Å²) in [5.41, 5.74) is 2.64. The summed E-state index contributed by atoms with van der Waals surface area (Å²) >= 11 is 7.91. The molecule has 1 atom stereocenters. The lowest BCUT2D eigenvalue weighted by molar-refractivity contribution is -0.140. The van der Waals surface area contributed by atoms with Crippen LogP contribution >= 0.6 is 23.4 Å². The number of fused-ring (bicyclic) bond motifs is 2. The average molecular weight is 462 g/mol. The molecular weight excluding hydrogens is 438 g/mol. The zero-order valence-electron chi connectivity index (χ0n) is 18.0. The molecule has 0 amide bonds. The lowest BCUT2D eigenvalue weighted by Crippen LogP contribution is -2.45. The monoisotopic (exact) mass is 461 g/mol. The fourth-order valence-electron chi connectivity index (χ4n) is 4.94. The van der Waals surface area contributed by atoms with E-state index in [1.807, 2.05) is 62.4 Å². The smallest absolute Gasteiger partial charge is 0.146 e. The van der Waals surface area contributed by atoms with Gasteiger partial charge in [0.25, 0.3) is 0 Å². The summed E-state index contributed by atoms with van der Waals surface area (Å²) in [5.74, 6) is -0.702. The number of hydrogen-bond donors (Lipinski definition) is 0. The molecule has 0 spiro atoms. The number of para-hydroxylation sites is 2. The summed E-state index contributed by atoms with van der Waals surface area (Å²) in [6.07, 6.45) is 0.804. The van der Waals surface area contributed by atoms with E-state index in [4.69, 9.17) is 11.6 Å². The second-order valence-corrected chi connectivity index (χ2v) is 10.9. The molecule has 1 aliphatic heterocycles. The van der Waals surface area contributed by atoms with E-state index in [9.17, 15) is 9.59 Å². The molecule has 1 heterocycles. The summed E-state index contributed by atoms with van der Waals surface area (Å²) in [6.45, 7) is 4.00. The van der Waals surface area contributed by atoms with Crippen LogP contribution in [0.1, 0.15) is 38.3 Å². The first-order chi connectivity index (χ1) is 15.3. The molecule has 1 aliphatic carbocycles. The van der Waals surface area contributed by atoms with E-state index < -0.39 is 12.0 Å². The Bertz CT molecular complexity index is 1140. The Morgan fingerprint density at radius 2 is 1.34 bits per heavy atom. The highest BCUT2D eigenvalue weighted by Crippen LogP contribution is 2.54. The van der Waals surface area contributed by atoms with Gasteiger partial charge in [0.2, 0.25) is 0 Å². The highest BCUT2D eigenvalue weighted by Gasteiger charge is 2.47. The molecule has 1 fully saturated rings. The number of benzene rings is 3. The van der Waals surface area contributed by atoms with Crippen LogP contribution in [0.2, 0.25) is 5.02 Å². The normalized spacial score (nSPS) is 18.8. The Balaban J connectivity index is 1.73. The Kier molecular flexibility index (Phi) is 5.39. The third kappa shape index (κ3) is 3.76. The second-order valence-electron chi connectivity index (χ2n) is 9.33. The van der Waals surface area contributed by atoms with Gasteiger partial charge < -0.3 is 4.90 Å². The Hall–Kier alpha value is -2.56. The van der Waals surface area contributed by atoms with Crippen LogP contribution in [-0.2, 0) is 9.59 Å². The van der Waals surface area contributed by atoms with Crippen LogP contribution in [0.4, 0.5) is 11.4 Å². The van der Waals surface area contributed by atoms with Crippen LogP contribution in [-0.4, -0.2) is 11.6 Å². The van der Waals surface area contributed by atoms with Crippen molar-refractivity contribution in [3.8, 4) is 0 Å². The summed E-state index contributed by atoms with van der Waals surface area (Å²) in [7, 11) is 0. The van der Waals surface area contributed by atoms with Crippen molar-refractivity contribution in [2.75, 3.05) is 4.90 Å². The molecule has 0 bridgehead atoms. The standard InChI is InChI=1S/C27H24ClNO2S/c1-27(2)15-21(30)25(22(31)16-27)26(17-11-13-18(28)14-12-17)29-19-7-3-5-9-23(19)32-24-10-6-4-8-20(24)29/h3-14,25-26H,15-16H2,1-2H3/t26-/m0/s1. The first-order valence-corrected chi connectivity index (χ1v) is 12.0. The minimum atomic E-state index is -0.728. The van der Waals surface area contributed by atoms with Crippen LogP contribution in [0.3, 0.4) is 0 Å². The van der Waals surface area contributed by atoms with Crippen molar-refractivity contribution >= 4 is 46.3 Å². The van der Waals surface area contributed by atoms with Gasteiger partial charge in [0.1, 0.15) is 17.5 Å². The van der Waals surface area contributed by atoms with E-state index in [1.54, 1.807) is 11.8 Å². The van der Waals surface area contributed by atoms with Gasteiger partial charge in [-0.1, -0.05) is 73.6 Å². The van der Waals surface area contributed by atoms with Crippen molar-refractivity contribution in [3.63, 3.8) is 0 Å². The van der Waals surface area contributed by atoms with E-state index in [0.29, 0.717) is 17.9 Å². The van der Waals surface area contributed by atoms with Crippen LogP contribution in [0.15, 0.2) is 82.6 Å². The summed E-state index contributed by atoms with van der Waals surface area (Å²) in [5, 5.41) is 0.630. The highest BCUT2D eigenvalue weighted by molar-refractivity contribution is 7.99. The van der Waals surface area contributed by atoms with Gasteiger partial charge in [0, 0.05) is 27.7 Å². The van der Waals surface area contributed by atoms with Crippen LogP contribution < -0.4 is 4.90 Å². The van der Waals surface area contributed by atoms with Gasteiger partial charge in [-0.3, -0.25) is 9.59 Å². The first kappa shape index (κ1) is 21.3. The molecule has 5 rings (SSSR count). The number of halogens is 1. The first-order valence-electron chi connectivity index (χ1n) is 10.8. The summed E-state index contributed by atoms with van der Waals surface area (Å²) < 4.78 is 0. The van der Waals surface area contributed by atoms with Crippen molar-refractivity contribution in [2.24, 2.45) is 11.3 Å². The molecule has 162 valence electrons. The van der Waals surface area contributed by atoms with Gasteiger partial charge in [0.15, 0.2) is 0 Å². The van der Waals surface area contributed by atoms with E-state index in [-0.39, 0.29) is 17.0 Å². The topological polar surface area (TPSA) is 37.4 Å². The summed E-state index contributed by atoms with van der Waals surface area (Å²) in [4.78, 5) is 31.4. The van der Waals surface area contributed by atoms with E-state index in [0.717, 1.165) is 26.7 Å². The fourth-order valence-corrected chi connectivity index (χ4v) is 6.14. The number of ketones is 2. The minimum absolute atomic E-state index is 0.0133. The molecule has 1 saturated carbocycles. The number of nitrogens with zero attached hydrogens (tertiary/aromatic N) is 1. The number of carbonyl (C=O) groups is 2. The SMILES string of the molecule is CC1(C)CC(=O)C([C@H](c2ccc(Cl)cc2)N2c3ccccc3Sc3ccccc32)C(=O)C1. The molecule has 5 heteroatoms.